The van der Waals surface area contributed by atoms with Crippen LogP contribution in [-0.4, -0.2) is 19.8 Å². The predicted octanol–water partition coefficient (Wildman–Crippen LogP) is 3.56. The number of hydrogen-bond donors (Lipinski definition) is 1. The van der Waals surface area contributed by atoms with Gasteiger partial charge in [-0.25, -0.2) is 0 Å². The van der Waals surface area contributed by atoms with Gasteiger partial charge >= 0.3 is 0 Å². The van der Waals surface area contributed by atoms with Gasteiger partial charge in [0.2, 0.25) is 0 Å². The molecule has 0 aliphatic carbocycles. The molecule has 2 aromatic carbocycles. The molecular weight excluding hydrogens is 262 g/mol. The topological polar surface area (TPSA) is 30.5 Å². The summed E-state index contributed by atoms with van der Waals surface area (Å²) in [7, 11) is 0. The molecule has 0 radical (unpaired) electrons. The minimum absolute atomic E-state index is 0.542. The smallest absolute Gasteiger partial charge is 0.122 e. The van der Waals surface area contributed by atoms with Crippen LogP contribution in [0.25, 0.3) is 0 Å². The highest BCUT2D eigenvalue weighted by Gasteiger charge is 1.97. The van der Waals surface area contributed by atoms with E-state index in [1.807, 2.05) is 36.4 Å². The van der Waals surface area contributed by atoms with Gasteiger partial charge in [-0.2, -0.15) is 0 Å². The first kappa shape index (κ1) is 15.4. The molecule has 0 amide bonds. The van der Waals surface area contributed by atoms with Crippen LogP contribution in [0.4, 0.5) is 0 Å². The standard InChI is InChI=1S/C18H23NO2/c1-3-19-14-16-6-10-18(11-7-16)21-13-12-20-17-8-4-15(2)5-9-17/h4-11,19H,3,12-14H2,1-2H3. The van der Waals surface area contributed by atoms with Crippen molar-refractivity contribution in [3.8, 4) is 11.5 Å². The van der Waals surface area contributed by atoms with Crippen LogP contribution in [0, 0.1) is 6.92 Å². The average molecular weight is 285 g/mol. The molecule has 2 rings (SSSR count). The highest BCUT2D eigenvalue weighted by molar-refractivity contribution is 5.27. The monoisotopic (exact) mass is 285 g/mol. The highest BCUT2D eigenvalue weighted by Crippen LogP contribution is 2.13. The van der Waals surface area contributed by atoms with E-state index >= 15 is 0 Å². The van der Waals surface area contributed by atoms with Gasteiger partial charge in [0.15, 0.2) is 0 Å². The Kier molecular flexibility index (Phi) is 6.10. The fraction of sp³-hybridized carbons (Fsp3) is 0.333. The normalized spacial score (nSPS) is 10.4. The maximum atomic E-state index is 5.67. The van der Waals surface area contributed by atoms with Crippen LogP contribution in [0.15, 0.2) is 48.5 Å². The molecule has 0 aliphatic heterocycles. The molecular formula is C18H23NO2. The summed E-state index contributed by atoms with van der Waals surface area (Å²) in [6, 6.07) is 16.2. The maximum Gasteiger partial charge on any atom is 0.122 e. The third-order valence-corrected chi connectivity index (χ3v) is 3.14. The van der Waals surface area contributed by atoms with Crippen LogP contribution in [0.3, 0.4) is 0 Å². The summed E-state index contributed by atoms with van der Waals surface area (Å²) in [5.74, 6) is 1.76. The number of rotatable bonds is 8. The lowest BCUT2D eigenvalue weighted by Gasteiger charge is -2.09. The molecule has 112 valence electrons. The van der Waals surface area contributed by atoms with Gasteiger partial charge in [-0.3, -0.25) is 0 Å². The first-order valence-corrected chi connectivity index (χ1v) is 7.40. The predicted molar refractivity (Wildman–Crippen MR) is 86.0 cm³/mol. The van der Waals surface area contributed by atoms with E-state index in [2.05, 4.69) is 31.3 Å². The van der Waals surface area contributed by atoms with Crippen molar-refractivity contribution in [1.29, 1.82) is 0 Å². The highest BCUT2D eigenvalue weighted by atomic mass is 16.5. The van der Waals surface area contributed by atoms with Crippen LogP contribution in [-0.2, 0) is 6.54 Å². The fourth-order valence-electron chi connectivity index (χ4n) is 1.93. The number of nitrogens with one attached hydrogen (secondary N) is 1. The van der Waals surface area contributed by atoms with Gasteiger partial charge in [-0.15, -0.1) is 0 Å². The molecule has 2 aromatic rings. The molecule has 0 aromatic heterocycles. The van der Waals surface area contributed by atoms with Crippen LogP contribution in [0.1, 0.15) is 18.1 Å². The maximum absolute atomic E-state index is 5.67. The molecule has 0 saturated carbocycles. The van der Waals surface area contributed by atoms with Crippen molar-refractivity contribution < 1.29 is 9.47 Å². The van der Waals surface area contributed by atoms with Gasteiger partial charge in [0.05, 0.1) is 0 Å². The lowest BCUT2D eigenvalue weighted by atomic mass is 10.2. The van der Waals surface area contributed by atoms with Crippen LogP contribution >= 0.6 is 0 Å². The van der Waals surface area contributed by atoms with E-state index in [0.717, 1.165) is 24.6 Å². The zero-order valence-electron chi connectivity index (χ0n) is 12.8. The van der Waals surface area contributed by atoms with Crippen molar-refractivity contribution in [2.45, 2.75) is 20.4 Å². The fourth-order valence-corrected chi connectivity index (χ4v) is 1.93. The van der Waals surface area contributed by atoms with Gasteiger partial charge in [-0.05, 0) is 43.3 Å². The van der Waals surface area contributed by atoms with Gasteiger partial charge in [-0.1, -0.05) is 36.8 Å². The summed E-state index contributed by atoms with van der Waals surface area (Å²) < 4.78 is 11.3. The number of benzene rings is 2. The molecule has 0 unspecified atom stereocenters. The van der Waals surface area contributed by atoms with Crippen LogP contribution < -0.4 is 14.8 Å². The molecule has 3 nitrogen and oxygen atoms in total. The Balaban J connectivity index is 1.69. The molecule has 3 heteroatoms. The van der Waals surface area contributed by atoms with E-state index in [1.165, 1.54) is 11.1 Å². The molecule has 21 heavy (non-hydrogen) atoms. The number of ether oxygens (including phenoxy) is 2. The van der Waals surface area contributed by atoms with E-state index in [0.29, 0.717) is 13.2 Å². The van der Waals surface area contributed by atoms with Crippen molar-refractivity contribution in [2.75, 3.05) is 19.8 Å². The third kappa shape index (κ3) is 5.48. The summed E-state index contributed by atoms with van der Waals surface area (Å²) >= 11 is 0. The Labute approximate surface area is 126 Å². The Morgan fingerprint density at radius 3 is 1.86 bits per heavy atom. The van der Waals surface area contributed by atoms with Gasteiger partial charge in [0.1, 0.15) is 24.7 Å². The minimum atomic E-state index is 0.542. The molecule has 0 atom stereocenters. The lowest BCUT2D eigenvalue weighted by Crippen LogP contribution is -2.11. The summed E-state index contributed by atoms with van der Waals surface area (Å²) in [5.41, 5.74) is 2.50. The number of aryl methyl sites for hydroxylation is 1. The molecule has 1 N–H and O–H groups in total. The van der Waals surface area contributed by atoms with E-state index < -0.39 is 0 Å². The van der Waals surface area contributed by atoms with E-state index in [4.69, 9.17) is 9.47 Å². The second-order valence-corrected chi connectivity index (χ2v) is 4.93. The van der Waals surface area contributed by atoms with Crippen molar-refractivity contribution >= 4 is 0 Å². The zero-order chi connectivity index (χ0) is 14.9. The van der Waals surface area contributed by atoms with Crippen molar-refractivity contribution in [2.24, 2.45) is 0 Å². The van der Waals surface area contributed by atoms with Gasteiger partial charge < -0.3 is 14.8 Å². The van der Waals surface area contributed by atoms with Crippen LogP contribution in [0.2, 0.25) is 0 Å². The number of hydrogen-bond acceptors (Lipinski definition) is 3. The van der Waals surface area contributed by atoms with Crippen molar-refractivity contribution in [1.82, 2.24) is 5.32 Å². The zero-order valence-corrected chi connectivity index (χ0v) is 12.8. The molecule has 0 fully saturated rings. The Bertz CT molecular complexity index is 520. The Morgan fingerprint density at radius 2 is 1.33 bits per heavy atom. The molecule has 0 heterocycles. The van der Waals surface area contributed by atoms with Gasteiger partial charge in [0.25, 0.3) is 0 Å². The second-order valence-electron chi connectivity index (χ2n) is 4.93. The van der Waals surface area contributed by atoms with Crippen molar-refractivity contribution in [3.63, 3.8) is 0 Å². The quantitative estimate of drug-likeness (QED) is 0.752. The van der Waals surface area contributed by atoms with E-state index in [9.17, 15) is 0 Å². The third-order valence-electron chi connectivity index (χ3n) is 3.14. The molecule has 0 saturated heterocycles. The van der Waals surface area contributed by atoms with Gasteiger partial charge in [0, 0.05) is 6.54 Å². The first-order valence-electron chi connectivity index (χ1n) is 7.40. The summed E-state index contributed by atoms with van der Waals surface area (Å²) in [4.78, 5) is 0. The average Bonchev–Trinajstić information content (AvgIpc) is 2.52. The molecule has 0 aliphatic rings. The van der Waals surface area contributed by atoms with Crippen LogP contribution in [0.5, 0.6) is 11.5 Å². The minimum Gasteiger partial charge on any atom is -0.490 e. The lowest BCUT2D eigenvalue weighted by molar-refractivity contribution is 0.217. The molecule has 0 spiro atoms. The van der Waals surface area contributed by atoms with Crippen molar-refractivity contribution in [3.05, 3.63) is 59.7 Å². The SMILES string of the molecule is CCNCc1ccc(OCCOc2ccc(C)cc2)cc1. The summed E-state index contributed by atoms with van der Waals surface area (Å²) in [6.07, 6.45) is 0. The Morgan fingerprint density at radius 1 is 0.810 bits per heavy atom. The summed E-state index contributed by atoms with van der Waals surface area (Å²) in [6.45, 7) is 7.13. The van der Waals surface area contributed by atoms with E-state index in [-0.39, 0.29) is 0 Å². The Hall–Kier alpha value is -2.00. The largest absolute Gasteiger partial charge is 0.490 e. The molecule has 0 bridgehead atoms. The van der Waals surface area contributed by atoms with E-state index in [1.54, 1.807) is 0 Å². The first-order chi connectivity index (χ1) is 10.3. The summed E-state index contributed by atoms with van der Waals surface area (Å²) in [5, 5.41) is 3.30. The second kappa shape index (κ2) is 8.32.